The van der Waals surface area contributed by atoms with Gasteiger partial charge < -0.3 is 15.6 Å². The number of carbonyl (C=O) groups is 2. The summed E-state index contributed by atoms with van der Waals surface area (Å²) in [6.45, 7) is 8.27. The average Bonchev–Trinajstić information content (AvgIpc) is 3.16. The van der Waals surface area contributed by atoms with Crippen LogP contribution in [0.1, 0.15) is 38.8 Å². The van der Waals surface area contributed by atoms with Gasteiger partial charge in [-0.1, -0.05) is 69.3 Å². The summed E-state index contributed by atoms with van der Waals surface area (Å²) in [4.78, 5) is 29.5. The highest BCUT2D eigenvalue weighted by molar-refractivity contribution is 5.93. The number of fused-ring (bicyclic) bond motifs is 1. The van der Waals surface area contributed by atoms with Gasteiger partial charge in [0, 0.05) is 36.0 Å². The maximum Gasteiger partial charge on any atom is 0.245 e. The van der Waals surface area contributed by atoms with E-state index < -0.39 is 5.54 Å². The van der Waals surface area contributed by atoms with Gasteiger partial charge in [0.1, 0.15) is 5.54 Å². The predicted octanol–water partition coefficient (Wildman–Crippen LogP) is 4.24. The Hall–Kier alpha value is -3.08. The molecular formula is C26H33N3O2. The third kappa shape index (κ3) is 5.54. The minimum absolute atomic E-state index is 0.101. The smallest absolute Gasteiger partial charge is 0.245 e. The fraction of sp³-hybridized carbons (Fsp3) is 0.385. The summed E-state index contributed by atoms with van der Waals surface area (Å²) in [7, 11) is 0. The first-order valence-electron chi connectivity index (χ1n) is 11.0. The van der Waals surface area contributed by atoms with Gasteiger partial charge in [-0.3, -0.25) is 9.59 Å². The first kappa shape index (κ1) is 22.6. The van der Waals surface area contributed by atoms with E-state index in [1.807, 2.05) is 88.5 Å². The van der Waals surface area contributed by atoms with Gasteiger partial charge in [0.05, 0.1) is 0 Å². The summed E-state index contributed by atoms with van der Waals surface area (Å²) in [6.07, 6.45) is 3.08. The first-order chi connectivity index (χ1) is 14.8. The van der Waals surface area contributed by atoms with Crippen molar-refractivity contribution >= 4 is 22.7 Å². The topological polar surface area (TPSA) is 74.0 Å². The molecule has 1 heterocycles. The molecule has 2 unspecified atom stereocenters. The number of rotatable bonds is 9. The molecule has 2 aromatic carbocycles. The molecule has 0 aliphatic carbocycles. The van der Waals surface area contributed by atoms with Gasteiger partial charge in [0.15, 0.2) is 0 Å². The number of aromatic nitrogens is 1. The van der Waals surface area contributed by atoms with Crippen LogP contribution in [0.2, 0.25) is 0 Å². The van der Waals surface area contributed by atoms with Crippen LogP contribution >= 0.6 is 0 Å². The van der Waals surface area contributed by atoms with Crippen molar-refractivity contribution in [1.82, 2.24) is 15.6 Å². The fourth-order valence-corrected chi connectivity index (χ4v) is 3.69. The number of para-hydroxylation sites is 1. The summed E-state index contributed by atoms with van der Waals surface area (Å²) in [6, 6.07) is 18.1. The van der Waals surface area contributed by atoms with Crippen LogP contribution in [0.4, 0.5) is 0 Å². The van der Waals surface area contributed by atoms with E-state index in [1.54, 1.807) is 0 Å². The Morgan fingerprint density at radius 1 is 1.00 bits per heavy atom. The van der Waals surface area contributed by atoms with Crippen LogP contribution in [0.25, 0.3) is 10.9 Å². The van der Waals surface area contributed by atoms with Crippen LogP contribution in [0.3, 0.4) is 0 Å². The van der Waals surface area contributed by atoms with Gasteiger partial charge >= 0.3 is 0 Å². The van der Waals surface area contributed by atoms with Gasteiger partial charge in [0.2, 0.25) is 11.8 Å². The monoisotopic (exact) mass is 419 g/mol. The highest BCUT2D eigenvalue weighted by Gasteiger charge is 2.37. The Balaban J connectivity index is 1.78. The van der Waals surface area contributed by atoms with Gasteiger partial charge in [-0.15, -0.1) is 0 Å². The van der Waals surface area contributed by atoms with E-state index >= 15 is 0 Å². The Morgan fingerprint density at radius 3 is 2.39 bits per heavy atom. The number of hydrogen-bond acceptors (Lipinski definition) is 2. The zero-order valence-corrected chi connectivity index (χ0v) is 18.9. The van der Waals surface area contributed by atoms with Crippen molar-refractivity contribution in [3.63, 3.8) is 0 Å². The van der Waals surface area contributed by atoms with Gasteiger partial charge in [0.25, 0.3) is 0 Å². The van der Waals surface area contributed by atoms with Crippen molar-refractivity contribution < 1.29 is 9.59 Å². The number of hydrogen-bond donors (Lipinski definition) is 3. The maximum absolute atomic E-state index is 13.3. The largest absolute Gasteiger partial charge is 0.361 e. The van der Waals surface area contributed by atoms with Crippen LogP contribution in [0, 0.1) is 11.8 Å². The summed E-state index contributed by atoms with van der Waals surface area (Å²) in [5.74, 6) is -0.258. The second-order valence-corrected chi connectivity index (χ2v) is 8.88. The van der Waals surface area contributed by atoms with Crippen LogP contribution in [-0.4, -0.2) is 28.9 Å². The van der Waals surface area contributed by atoms with E-state index in [-0.39, 0.29) is 23.7 Å². The molecule has 164 valence electrons. The third-order valence-electron chi connectivity index (χ3n) is 6.07. The molecule has 0 spiro atoms. The summed E-state index contributed by atoms with van der Waals surface area (Å²) in [5, 5.41) is 7.17. The lowest BCUT2D eigenvalue weighted by molar-refractivity contribution is -0.135. The minimum atomic E-state index is -1.05. The molecule has 5 nitrogen and oxygen atoms in total. The SMILES string of the molecule is CC(C)C(C)C(=O)NC(C)(Cc1c[nH]c2ccccc12)C(=O)NCCc1ccccc1. The molecule has 0 aliphatic heterocycles. The zero-order valence-electron chi connectivity index (χ0n) is 18.9. The third-order valence-corrected chi connectivity index (χ3v) is 6.07. The molecule has 2 atom stereocenters. The van der Waals surface area contributed by atoms with Crippen molar-refractivity contribution in [2.24, 2.45) is 11.8 Å². The highest BCUT2D eigenvalue weighted by Crippen LogP contribution is 2.24. The average molecular weight is 420 g/mol. The quantitative estimate of drug-likeness (QED) is 0.485. The van der Waals surface area contributed by atoms with Crippen molar-refractivity contribution in [2.75, 3.05) is 6.54 Å². The molecule has 3 rings (SSSR count). The summed E-state index contributed by atoms with van der Waals surface area (Å²) >= 11 is 0. The van der Waals surface area contributed by atoms with Crippen molar-refractivity contribution in [2.45, 2.75) is 46.1 Å². The van der Waals surface area contributed by atoms with E-state index in [9.17, 15) is 9.59 Å². The molecule has 5 heteroatoms. The molecule has 2 amide bonds. The number of amides is 2. The molecule has 0 fully saturated rings. The summed E-state index contributed by atoms with van der Waals surface area (Å²) in [5.41, 5.74) is 2.14. The van der Waals surface area contributed by atoms with E-state index in [0.29, 0.717) is 13.0 Å². The number of nitrogens with one attached hydrogen (secondary N) is 3. The molecule has 0 radical (unpaired) electrons. The highest BCUT2D eigenvalue weighted by atomic mass is 16.2. The second kappa shape index (κ2) is 9.82. The van der Waals surface area contributed by atoms with E-state index in [2.05, 4.69) is 15.6 Å². The molecule has 0 aliphatic rings. The molecule has 3 aromatic rings. The lowest BCUT2D eigenvalue weighted by Crippen LogP contribution is -2.59. The van der Waals surface area contributed by atoms with Crippen LogP contribution in [-0.2, 0) is 22.4 Å². The molecule has 31 heavy (non-hydrogen) atoms. The van der Waals surface area contributed by atoms with Gasteiger partial charge in [-0.2, -0.15) is 0 Å². The molecular weight excluding hydrogens is 386 g/mol. The lowest BCUT2D eigenvalue weighted by atomic mass is 9.89. The maximum atomic E-state index is 13.3. The number of carbonyl (C=O) groups excluding carboxylic acids is 2. The normalized spacial score (nSPS) is 14.2. The molecule has 1 aromatic heterocycles. The Kier molecular flexibility index (Phi) is 7.16. The van der Waals surface area contributed by atoms with Crippen LogP contribution < -0.4 is 10.6 Å². The standard InChI is InChI=1S/C26H33N3O2/c1-18(2)19(3)24(30)29-26(4,16-21-17-28-23-13-9-8-12-22(21)23)25(31)27-15-14-20-10-6-5-7-11-20/h5-13,17-19,28H,14-16H2,1-4H3,(H,27,31)(H,29,30). The predicted molar refractivity (Wildman–Crippen MR) is 126 cm³/mol. The van der Waals surface area contributed by atoms with Crippen LogP contribution in [0.15, 0.2) is 60.8 Å². The summed E-state index contributed by atoms with van der Waals surface area (Å²) < 4.78 is 0. The van der Waals surface area contributed by atoms with Crippen molar-refractivity contribution in [1.29, 1.82) is 0 Å². The lowest BCUT2D eigenvalue weighted by Gasteiger charge is -2.31. The van der Waals surface area contributed by atoms with Crippen molar-refractivity contribution in [3.05, 3.63) is 71.9 Å². The van der Waals surface area contributed by atoms with Gasteiger partial charge in [-0.05, 0) is 36.5 Å². The Bertz CT molecular complexity index is 1030. The molecule has 0 saturated carbocycles. The van der Waals surface area contributed by atoms with E-state index in [0.717, 1.165) is 22.9 Å². The Morgan fingerprint density at radius 2 is 1.68 bits per heavy atom. The molecule has 0 saturated heterocycles. The van der Waals surface area contributed by atoms with Crippen molar-refractivity contribution in [3.8, 4) is 0 Å². The first-order valence-corrected chi connectivity index (χ1v) is 11.0. The second-order valence-electron chi connectivity index (χ2n) is 8.88. The molecule has 0 bridgehead atoms. The number of aromatic amines is 1. The number of benzene rings is 2. The van der Waals surface area contributed by atoms with Crippen LogP contribution in [0.5, 0.6) is 0 Å². The van der Waals surface area contributed by atoms with E-state index in [1.165, 1.54) is 5.56 Å². The number of H-pyrrole nitrogens is 1. The fourth-order valence-electron chi connectivity index (χ4n) is 3.69. The van der Waals surface area contributed by atoms with E-state index in [4.69, 9.17) is 0 Å². The molecule has 3 N–H and O–H groups in total. The minimum Gasteiger partial charge on any atom is -0.361 e. The van der Waals surface area contributed by atoms with Gasteiger partial charge in [-0.25, -0.2) is 0 Å². The Labute approximate surface area is 184 Å². The zero-order chi connectivity index (χ0) is 22.4.